The van der Waals surface area contributed by atoms with Gasteiger partial charge >= 0.3 is 0 Å². The number of nitrogens with zero attached hydrogens (tertiary/aromatic N) is 2. The molecule has 3 nitrogen and oxygen atoms in total. The van der Waals surface area contributed by atoms with E-state index in [1.165, 1.54) is 81.3 Å². The molecule has 2 heterocycles. The Morgan fingerprint density at radius 3 is 2.00 bits per heavy atom. The number of ether oxygens (including phenoxy) is 1. The van der Waals surface area contributed by atoms with Crippen LogP contribution in [0.3, 0.4) is 0 Å². The molecule has 2 atom stereocenters. The average molecular weight is 547 g/mol. The van der Waals surface area contributed by atoms with E-state index in [4.69, 9.17) is 4.74 Å². The van der Waals surface area contributed by atoms with Gasteiger partial charge in [0.1, 0.15) is 0 Å². The van der Waals surface area contributed by atoms with E-state index in [9.17, 15) is 0 Å². The Morgan fingerprint density at radius 1 is 0.700 bits per heavy atom. The molecule has 2 saturated heterocycles. The van der Waals surface area contributed by atoms with Crippen molar-refractivity contribution in [1.82, 2.24) is 9.80 Å². The molecule has 0 amide bonds. The van der Waals surface area contributed by atoms with Crippen molar-refractivity contribution in [3.8, 4) is 0 Å². The van der Waals surface area contributed by atoms with E-state index in [0.29, 0.717) is 23.5 Å². The number of piperidine rings is 2. The number of likely N-dealkylation sites (tertiary alicyclic amines) is 2. The molecule has 0 spiro atoms. The average Bonchev–Trinajstić information content (AvgIpc) is 2.94. The van der Waals surface area contributed by atoms with E-state index >= 15 is 0 Å². The maximum atomic E-state index is 6.09. The van der Waals surface area contributed by atoms with Gasteiger partial charge in [-0.25, -0.2) is 0 Å². The van der Waals surface area contributed by atoms with Crippen molar-refractivity contribution >= 4 is 0 Å². The van der Waals surface area contributed by atoms with E-state index in [1.807, 2.05) is 0 Å². The van der Waals surface area contributed by atoms with Crippen LogP contribution in [0.25, 0.3) is 0 Å². The van der Waals surface area contributed by atoms with Gasteiger partial charge in [-0.05, 0) is 110 Å². The molecule has 2 unspecified atom stereocenters. The Labute approximate surface area is 246 Å². The SMILES string of the molecule is CC(C)(C)C1CCN(CCCCc2ccc(C3CC(C(C)(C)C)CCN3CCOCc3ccccc3)cc2)CC1. The normalized spacial score (nSPS) is 22.1. The third-order valence-electron chi connectivity index (χ3n) is 9.94. The number of benzene rings is 2. The Kier molecular flexibility index (Phi) is 11.3. The third-order valence-corrected chi connectivity index (χ3v) is 9.94. The monoisotopic (exact) mass is 546 g/mol. The summed E-state index contributed by atoms with van der Waals surface area (Å²) in [4.78, 5) is 5.39. The standard InChI is InChI=1S/C37H58N2O/c1-36(2,3)33-19-23-38(24-20-33)22-11-10-12-30-15-17-32(18-16-30)35-28-34(37(4,5)6)21-25-39(35)26-27-40-29-31-13-8-7-9-14-31/h7-9,13-18,33-35H,10-12,19-29H2,1-6H3. The summed E-state index contributed by atoms with van der Waals surface area (Å²) in [6.07, 6.45) is 9.08. The van der Waals surface area contributed by atoms with Gasteiger partial charge in [0.25, 0.3) is 0 Å². The predicted octanol–water partition coefficient (Wildman–Crippen LogP) is 8.78. The van der Waals surface area contributed by atoms with Gasteiger partial charge in [0.05, 0.1) is 13.2 Å². The molecular weight excluding hydrogens is 488 g/mol. The molecule has 0 N–H and O–H groups in total. The minimum Gasteiger partial charge on any atom is -0.375 e. The smallest absolute Gasteiger partial charge is 0.0717 e. The summed E-state index contributed by atoms with van der Waals surface area (Å²) < 4.78 is 6.09. The number of unbranched alkanes of at least 4 members (excludes halogenated alkanes) is 1. The number of hydrogen-bond acceptors (Lipinski definition) is 3. The molecule has 4 rings (SSSR count). The van der Waals surface area contributed by atoms with Gasteiger partial charge in [0.15, 0.2) is 0 Å². The number of rotatable bonds is 11. The fourth-order valence-electron chi connectivity index (χ4n) is 6.95. The van der Waals surface area contributed by atoms with E-state index in [2.05, 4.69) is 106 Å². The predicted molar refractivity (Wildman–Crippen MR) is 171 cm³/mol. The second-order valence-corrected chi connectivity index (χ2v) is 14.9. The largest absolute Gasteiger partial charge is 0.375 e. The van der Waals surface area contributed by atoms with Gasteiger partial charge in [-0.15, -0.1) is 0 Å². The zero-order valence-electron chi connectivity index (χ0n) is 26.6. The molecule has 0 saturated carbocycles. The molecule has 2 fully saturated rings. The molecule has 222 valence electrons. The first-order chi connectivity index (χ1) is 19.1. The Hall–Kier alpha value is -1.68. The lowest BCUT2D eigenvalue weighted by molar-refractivity contribution is 0.0287. The van der Waals surface area contributed by atoms with Gasteiger partial charge in [-0.3, -0.25) is 4.90 Å². The third kappa shape index (κ3) is 9.43. The Bertz CT molecular complexity index is 980. The highest BCUT2D eigenvalue weighted by Gasteiger charge is 2.35. The molecule has 2 aliphatic heterocycles. The maximum Gasteiger partial charge on any atom is 0.0717 e. The quantitative estimate of drug-likeness (QED) is 0.262. The second kappa shape index (κ2) is 14.5. The van der Waals surface area contributed by atoms with Crippen LogP contribution in [-0.4, -0.2) is 49.1 Å². The lowest BCUT2D eigenvalue weighted by Gasteiger charge is -2.44. The van der Waals surface area contributed by atoms with Gasteiger partial charge < -0.3 is 9.64 Å². The zero-order valence-corrected chi connectivity index (χ0v) is 26.6. The van der Waals surface area contributed by atoms with Crippen LogP contribution in [0.4, 0.5) is 0 Å². The molecule has 2 aromatic carbocycles. The molecule has 0 aromatic heterocycles. The van der Waals surface area contributed by atoms with Crippen molar-refractivity contribution in [2.45, 2.75) is 99.1 Å². The molecule has 0 radical (unpaired) electrons. The Balaban J connectivity index is 1.25. The van der Waals surface area contributed by atoms with Crippen molar-refractivity contribution in [3.05, 3.63) is 71.3 Å². The van der Waals surface area contributed by atoms with E-state index in [1.54, 1.807) is 0 Å². The van der Waals surface area contributed by atoms with E-state index in [0.717, 1.165) is 31.5 Å². The molecule has 2 aromatic rings. The Morgan fingerprint density at radius 2 is 1.35 bits per heavy atom. The highest BCUT2D eigenvalue weighted by molar-refractivity contribution is 5.26. The van der Waals surface area contributed by atoms with Gasteiger partial charge in [0.2, 0.25) is 0 Å². The van der Waals surface area contributed by atoms with Gasteiger partial charge in [0, 0.05) is 12.6 Å². The summed E-state index contributed by atoms with van der Waals surface area (Å²) in [5.41, 5.74) is 5.07. The van der Waals surface area contributed by atoms with E-state index in [-0.39, 0.29) is 0 Å². The van der Waals surface area contributed by atoms with Crippen LogP contribution < -0.4 is 0 Å². The number of aryl methyl sites for hydroxylation is 1. The molecule has 2 aliphatic rings. The fourth-order valence-corrected chi connectivity index (χ4v) is 6.95. The fraction of sp³-hybridized carbons (Fsp3) is 0.676. The highest BCUT2D eigenvalue weighted by Crippen LogP contribution is 2.42. The minimum absolute atomic E-state index is 0.357. The van der Waals surface area contributed by atoms with Crippen LogP contribution in [0.5, 0.6) is 0 Å². The lowest BCUT2D eigenvalue weighted by atomic mass is 9.72. The molecule has 0 bridgehead atoms. The first kappa shape index (κ1) is 31.3. The number of hydrogen-bond donors (Lipinski definition) is 0. The summed E-state index contributed by atoms with van der Waals surface area (Å²) in [5.74, 6) is 1.65. The zero-order chi connectivity index (χ0) is 28.6. The molecule has 0 aliphatic carbocycles. The first-order valence-corrected chi connectivity index (χ1v) is 16.3. The highest BCUT2D eigenvalue weighted by atomic mass is 16.5. The summed E-state index contributed by atoms with van der Waals surface area (Å²) in [6.45, 7) is 22.0. The topological polar surface area (TPSA) is 15.7 Å². The summed E-state index contributed by atoms with van der Waals surface area (Å²) in [6, 6.07) is 20.7. The summed E-state index contributed by atoms with van der Waals surface area (Å²) >= 11 is 0. The van der Waals surface area contributed by atoms with Crippen LogP contribution in [0, 0.1) is 22.7 Å². The van der Waals surface area contributed by atoms with Gasteiger partial charge in [-0.1, -0.05) is 96.1 Å². The van der Waals surface area contributed by atoms with Crippen molar-refractivity contribution in [2.24, 2.45) is 22.7 Å². The first-order valence-electron chi connectivity index (χ1n) is 16.3. The molecule has 40 heavy (non-hydrogen) atoms. The lowest BCUT2D eigenvalue weighted by Crippen LogP contribution is -2.41. The van der Waals surface area contributed by atoms with Crippen LogP contribution in [0.1, 0.15) is 103 Å². The van der Waals surface area contributed by atoms with Crippen molar-refractivity contribution in [1.29, 1.82) is 0 Å². The molecule has 3 heteroatoms. The van der Waals surface area contributed by atoms with E-state index < -0.39 is 0 Å². The summed E-state index contributed by atoms with van der Waals surface area (Å²) in [5, 5.41) is 0. The van der Waals surface area contributed by atoms with Crippen LogP contribution >= 0.6 is 0 Å². The summed E-state index contributed by atoms with van der Waals surface area (Å²) in [7, 11) is 0. The van der Waals surface area contributed by atoms with Crippen molar-refractivity contribution in [2.75, 3.05) is 39.3 Å². The van der Waals surface area contributed by atoms with Crippen LogP contribution in [-0.2, 0) is 17.8 Å². The van der Waals surface area contributed by atoms with Gasteiger partial charge in [-0.2, -0.15) is 0 Å². The minimum atomic E-state index is 0.357. The molecular formula is C37H58N2O. The van der Waals surface area contributed by atoms with Crippen molar-refractivity contribution < 1.29 is 4.74 Å². The van der Waals surface area contributed by atoms with Crippen LogP contribution in [0.15, 0.2) is 54.6 Å². The second-order valence-electron chi connectivity index (χ2n) is 14.9. The van der Waals surface area contributed by atoms with Crippen LogP contribution in [0.2, 0.25) is 0 Å². The van der Waals surface area contributed by atoms with Crippen molar-refractivity contribution in [3.63, 3.8) is 0 Å². The maximum absolute atomic E-state index is 6.09.